The lowest BCUT2D eigenvalue weighted by atomic mass is 10.2. The number of aliphatic imine (C=N–C) groups is 1. The second-order valence-electron chi connectivity index (χ2n) is 5.24. The van der Waals surface area contributed by atoms with E-state index in [0.717, 1.165) is 31.2 Å². The molecular formula is C18H25N3OS. The maximum absolute atomic E-state index is 5.47. The monoisotopic (exact) mass is 331 g/mol. The van der Waals surface area contributed by atoms with E-state index in [9.17, 15) is 0 Å². The molecule has 1 aromatic carbocycles. The Morgan fingerprint density at radius 1 is 1.26 bits per heavy atom. The highest BCUT2D eigenvalue weighted by Gasteiger charge is 2.06. The molecule has 2 aromatic rings. The van der Waals surface area contributed by atoms with Gasteiger partial charge in [0.05, 0.1) is 6.61 Å². The van der Waals surface area contributed by atoms with Crippen LogP contribution in [0.4, 0.5) is 0 Å². The average molecular weight is 331 g/mol. The molecule has 0 saturated heterocycles. The highest BCUT2D eigenvalue weighted by molar-refractivity contribution is 7.09. The summed E-state index contributed by atoms with van der Waals surface area (Å²) < 4.78 is 5.47. The molecule has 0 aliphatic heterocycles. The highest BCUT2D eigenvalue weighted by Crippen LogP contribution is 2.13. The Labute approximate surface area is 142 Å². The van der Waals surface area contributed by atoms with Crippen LogP contribution in [0, 0.1) is 0 Å². The van der Waals surface area contributed by atoms with Gasteiger partial charge in [-0.25, -0.2) is 0 Å². The van der Waals surface area contributed by atoms with Gasteiger partial charge in [0.2, 0.25) is 0 Å². The summed E-state index contributed by atoms with van der Waals surface area (Å²) in [5.74, 6) is 1.83. The average Bonchev–Trinajstić information content (AvgIpc) is 3.07. The first kappa shape index (κ1) is 17.3. The molecule has 4 nitrogen and oxygen atoms in total. The largest absolute Gasteiger partial charge is 0.494 e. The van der Waals surface area contributed by atoms with Crippen LogP contribution in [-0.2, 0) is 13.0 Å². The first-order valence-electron chi connectivity index (χ1n) is 7.88. The lowest BCUT2D eigenvalue weighted by Gasteiger charge is -2.22. The zero-order valence-corrected chi connectivity index (χ0v) is 14.9. The van der Waals surface area contributed by atoms with E-state index in [0.29, 0.717) is 6.61 Å². The summed E-state index contributed by atoms with van der Waals surface area (Å²) in [6.07, 6.45) is 1.02. The van der Waals surface area contributed by atoms with Crippen LogP contribution in [0.5, 0.6) is 5.75 Å². The van der Waals surface area contributed by atoms with Crippen molar-refractivity contribution in [3.63, 3.8) is 0 Å². The third kappa shape index (κ3) is 5.60. The first-order valence-corrected chi connectivity index (χ1v) is 8.76. The standard InChI is InChI=1S/C18H25N3OS/c1-4-22-16-9-7-15(8-10-16)14-21(3)18(19-2)20-12-11-17-6-5-13-23-17/h5-10,13H,4,11-12,14H2,1-3H3,(H,19,20). The molecule has 0 spiro atoms. The molecule has 23 heavy (non-hydrogen) atoms. The fraction of sp³-hybridized carbons (Fsp3) is 0.389. The van der Waals surface area contributed by atoms with Gasteiger partial charge in [0, 0.05) is 32.1 Å². The Morgan fingerprint density at radius 3 is 2.65 bits per heavy atom. The minimum absolute atomic E-state index is 0.694. The van der Waals surface area contributed by atoms with Crippen LogP contribution in [0.1, 0.15) is 17.4 Å². The van der Waals surface area contributed by atoms with Gasteiger partial charge in [-0.1, -0.05) is 18.2 Å². The number of thiophene rings is 1. The van der Waals surface area contributed by atoms with E-state index in [4.69, 9.17) is 4.74 Å². The molecule has 0 atom stereocenters. The lowest BCUT2D eigenvalue weighted by Crippen LogP contribution is -2.39. The highest BCUT2D eigenvalue weighted by atomic mass is 32.1. The second kappa shape index (κ2) is 9.20. The van der Waals surface area contributed by atoms with Gasteiger partial charge in [0.25, 0.3) is 0 Å². The Balaban J connectivity index is 1.83. The lowest BCUT2D eigenvalue weighted by molar-refractivity contribution is 0.340. The minimum Gasteiger partial charge on any atom is -0.494 e. The third-order valence-electron chi connectivity index (χ3n) is 3.46. The summed E-state index contributed by atoms with van der Waals surface area (Å²) in [4.78, 5) is 7.88. The quantitative estimate of drug-likeness (QED) is 0.624. The molecule has 0 radical (unpaired) electrons. The first-order chi connectivity index (χ1) is 11.2. The third-order valence-corrected chi connectivity index (χ3v) is 4.40. The van der Waals surface area contributed by atoms with Gasteiger partial charge < -0.3 is 15.0 Å². The summed E-state index contributed by atoms with van der Waals surface area (Å²) in [7, 11) is 3.87. The van der Waals surface area contributed by atoms with Gasteiger partial charge in [-0.05, 0) is 42.5 Å². The number of nitrogens with one attached hydrogen (secondary N) is 1. The van der Waals surface area contributed by atoms with Crippen LogP contribution >= 0.6 is 11.3 Å². The number of hydrogen-bond donors (Lipinski definition) is 1. The molecule has 2 rings (SSSR count). The van der Waals surface area contributed by atoms with Gasteiger partial charge in [0.15, 0.2) is 5.96 Å². The van der Waals surface area contributed by atoms with Crippen molar-refractivity contribution in [2.45, 2.75) is 19.9 Å². The second-order valence-corrected chi connectivity index (χ2v) is 6.27. The van der Waals surface area contributed by atoms with Crippen LogP contribution < -0.4 is 10.1 Å². The summed E-state index contributed by atoms with van der Waals surface area (Å²) >= 11 is 1.79. The predicted molar refractivity (Wildman–Crippen MR) is 98.5 cm³/mol. The normalized spacial score (nSPS) is 11.3. The van der Waals surface area contributed by atoms with E-state index in [1.54, 1.807) is 11.3 Å². The van der Waals surface area contributed by atoms with E-state index >= 15 is 0 Å². The van der Waals surface area contributed by atoms with Crippen molar-refractivity contribution < 1.29 is 4.74 Å². The number of hydrogen-bond acceptors (Lipinski definition) is 3. The fourth-order valence-corrected chi connectivity index (χ4v) is 3.05. The fourth-order valence-electron chi connectivity index (χ4n) is 2.34. The molecule has 1 N–H and O–H groups in total. The molecule has 0 fully saturated rings. The van der Waals surface area contributed by atoms with Gasteiger partial charge >= 0.3 is 0 Å². The number of benzene rings is 1. The molecule has 0 amide bonds. The number of nitrogens with zero attached hydrogens (tertiary/aromatic N) is 2. The molecule has 1 heterocycles. The van der Waals surface area contributed by atoms with Crippen molar-refractivity contribution >= 4 is 17.3 Å². The van der Waals surface area contributed by atoms with Crippen LogP contribution in [0.2, 0.25) is 0 Å². The maximum atomic E-state index is 5.47. The number of rotatable bonds is 7. The van der Waals surface area contributed by atoms with Crippen LogP contribution in [0.25, 0.3) is 0 Å². The van der Waals surface area contributed by atoms with E-state index in [1.807, 2.05) is 26.1 Å². The van der Waals surface area contributed by atoms with Crippen molar-refractivity contribution in [2.24, 2.45) is 4.99 Å². The summed E-state index contributed by atoms with van der Waals surface area (Å²) in [5, 5.41) is 5.53. The van der Waals surface area contributed by atoms with Crippen molar-refractivity contribution in [2.75, 3.05) is 27.2 Å². The van der Waals surface area contributed by atoms with Gasteiger partial charge in [-0.2, -0.15) is 0 Å². The molecular weight excluding hydrogens is 306 g/mol. The Hall–Kier alpha value is -2.01. The topological polar surface area (TPSA) is 36.9 Å². The van der Waals surface area contributed by atoms with Crippen LogP contribution in [0.3, 0.4) is 0 Å². The summed E-state index contributed by atoms with van der Waals surface area (Å²) in [6.45, 7) is 4.39. The molecule has 1 aromatic heterocycles. The van der Waals surface area contributed by atoms with Crippen molar-refractivity contribution in [1.82, 2.24) is 10.2 Å². The molecule has 0 aliphatic carbocycles. The number of ether oxygens (including phenoxy) is 1. The van der Waals surface area contributed by atoms with Gasteiger partial charge in [0.1, 0.15) is 5.75 Å². The number of guanidine groups is 1. The van der Waals surface area contributed by atoms with Crippen molar-refractivity contribution in [3.05, 3.63) is 52.2 Å². The zero-order chi connectivity index (χ0) is 16.5. The van der Waals surface area contributed by atoms with Crippen molar-refractivity contribution in [1.29, 1.82) is 0 Å². The molecule has 0 bridgehead atoms. The SMILES string of the molecule is CCOc1ccc(CN(C)C(=NC)NCCc2cccs2)cc1. The molecule has 124 valence electrons. The maximum Gasteiger partial charge on any atom is 0.193 e. The Bertz CT molecular complexity index is 593. The van der Waals surface area contributed by atoms with Gasteiger partial charge in [-0.3, -0.25) is 4.99 Å². The van der Waals surface area contributed by atoms with E-state index < -0.39 is 0 Å². The molecule has 0 unspecified atom stereocenters. The minimum atomic E-state index is 0.694. The molecule has 5 heteroatoms. The van der Waals surface area contributed by atoms with E-state index in [1.165, 1.54) is 10.4 Å². The Morgan fingerprint density at radius 2 is 2.04 bits per heavy atom. The predicted octanol–water partition coefficient (Wildman–Crippen LogP) is 3.40. The van der Waals surface area contributed by atoms with Crippen molar-refractivity contribution in [3.8, 4) is 5.75 Å². The van der Waals surface area contributed by atoms with E-state index in [2.05, 4.69) is 51.9 Å². The smallest absolute Gasteiger partial charge is 0.193 e. The van der Waals surface area contributed by atoms with Crippen LogP contribution in [0.15, 0.2) is 46.8 Å². The summed E-state index contributed by atoms with van der Waals surface area (Å²) in [5.41, 5.74) is 1.23. The van der Waals surface area contributed by atoms with Gasteiger partial charge in [-0.15, -0.1) is 11.3 Å². The molecule has 0 aliphatic rings. The zero-order valence-electron chi connectivity index (χ0n) is 14.1. The Kier molecular flexibility index (Phi) is 6.94. The molecule has 0 saturated carbocycles. The summed E-state index contributed by atoms with van der Waals surface area (Å²) in [6, 6.07) is 12.5. The van der Waals surface area contributed by atoms with Crippen LogP contribution in [-0.4, -0.2) is 38.1 Å². The van der Waals surface area contributed by atoms with E-state index in [-0.39, 0.29) is 0 Å².